The van der Waals surface area contributed by atoms with Crippen molar-refractivity contribution in [2.45, 2.75) is 33.4 Å². The maximum atomic E-state index is 13.8. The predicted octanol–water partition coefficient (Wildman–Crippen LogP) is 4.58. The Labute approximate surface area is 132 Å². The van der Waals surface area contributed by atoms with E-state index in [0.29, 0.717) is 16.4 Å². The second-order valence-electron chi connectivity index (χ2n) is 5.17. The number of hydrogen-bond acceptors (Lipinski definition) is 3. The van der Waals surface area contributed by atoms with Crippen LogP contribution in [-0.4, -0.2) is 11.0 Å². The number of pyridine rings is 1. The standard InChI is InChI=1S/C16H18BrFN2O/c1-10(2)19-9-12-6-11(3)20-16(7-12)21-15-5-4-13(17)8-14(15)18/h4-8,10,19H,9H2,1-3H3. The highest BCUT2D eigenvalue weighted by Gasteiger charge is 2.08. The SMILES string of the molecule is Cc1cc(CNC(C)C)cc(Oc2ccc(Br)cc2F)n1. The maximum absolute atomic E-state index is 13.8. The van der Waals surface area contributed by atoms with Crippen LogP contribution in [0.25, 0.3) is 0 Å². The zero-order valence-electron chi connectivity index (χ0n) is 12.3. The van der Waals surface area contributed by atoms with Crippen LogP contribution >= 0.6 is 15.9 Å². The fraction of sp³-hybridized carbons (Fsp3) is 0.312. The first-order valence-corrected chi connectivity index (χ1v) is 7.57. The largest absolute Gasteiger partial charge is 0.436 e. The van der Waals surface area contributed by atoms with Crippen molar-refractivity contribution in [3.8, 4) is 11.6 Å². The van der Waals surface area contributed by atoms with E-state index < -0.39 is 5.82 Å². The van der Waals surface area contributed by atoms with Crippen LogP contribution in [0.4, 0.5) is 4.39 Å². The molecule has 5 heteroatoms. The van der Waals surface area contributed by atoms with E-state index in [1.807, 2.05) is 19.1 Å². The van der Waals surface area contributed by atoms with Gasteiger partial charge in [0.25, 0.3) is 0 Å². The number of nitrogens with zero attached hydrogens (tertiary/aromatic N) is 1. The van der Waals surface area contributed by atoms with Gasteiger partial charge in [0.15, 0.2) is 11.6 Å². The summed E-state index contributed by atoms with van der Waals surface area (Å²) in [5.41, 5.74) is 1.90. The van der Waals surface area contributed by atoms with Gasteiger partial charge >= 0.3 is 0 Å². The Bertz CT molecular complexity index is 632. The van der Waals surface area contributed by atoms with Gasteiger partial charge in [-0.05, 0) is 36.8 Å². The summed E-state index contributed by atoms with van der Waals surface area (Å²) in [6, 6.07) is 8.88. The Balaban J connectivity index is 2.19. The molecule has 0 spiro atoms. The second kappa shape index (κ2) is 7.00. The van der Waals surface area contributed by atoms with Gasteiger partial charge in [-0.3, -0.25) is 0 Å². The first kappa shape index (κ1) is 15.9. The zero-order chi connectivity index (χ0) is 15.4. The van der Waals surface area contributed by atoms with E-state index in [1.165, 1.54) is 6.07 Å². The van der Waals surface area contributed by atoms with Crippen LogP contribution in [0.15, 0.2) is 34.8 Å². The smallest absolute Gasteiger partial charge is 0.219 e. The number of nitrogens with one attached hydrogen (secondary N) is 1. The maximum Gasteiger partial charge on any atom is 0.219 e. The molecule has 2 aromatic rings. The monoisotopic (exact) mass is 352 g/mol. The fourth-order valence-corrected chi connectivity index (χ4v) is 2.19. The highest BCUT2D eigenvalue weighted by atomic mass is 79.9. The summed E-state index contributed by atoms with van der Waals surface area (Å²) in [5, 5.41) is 3.34. The van der Waals surface area contributed by atoms with Crippen LogP contribution in [0.2, 0.25) is 0 Å². The molecule has 1 aromatic heterocycles. The van der Waals surface area contributed by atoms with Gasteiger partial charge in [-0.1, -0.05) is 29.8 Å². The quantitative estimate of drug-likeness (QED) is 0.854. The molecule has 0 bridgehead atoms. The first-order chi connectivity index (χ1) is 9.94. The number of benzene rings is 1. The van der Waals surface area contributed by atoms with E-state index in [1.54, 1.807) is 12.1 Å². The van der Waals surface area contributed by atoms with Gasteiger partial charge in [0.2, 0.25) is 5.88 Å². The third-order valence-electron chi connectivity index (χ3n) is 2.81. The van der Waals surface area contributed by atoms with E-state index >= 15 is 0 Å². The summed E-state index contributed by atoms with van der Waals surface area (Å²) in [5.74, 6) is 0.144. The Kier molecular flexibility index (Phi) is 5.31. The molecule has 0 unspecified atom stereocenters. The van der Waals surface area contributed by atoms with E-state index in [2.05, 4.69) is 40.1 Å². The molecule has 0 aliphatic carbocycles. The number of hydrogen-bond donors (Lipinski definition) is 1. The molecule has 0 fully saturated rings. The lowest BCUT2D eigenvalue weighted by Gasteiger charge is -2.11. The van der Waals surface area contributed by atoms with E-state index in [4.69, 9.17) is 4.74 Å². The molecule has 112 valence electrons. The molecule has 0 amide bonds. The summed E-state index contributed by atoms with van der Waals surface area (Å²) in [6.07, 6.45) is 0. The third kappa shape index (κ3) is 4.79. The Morgan fingerprint density at radius 3 is 2.71 bits per heavy atom. The number of ether oxygens (including phenoxy) is 1. The molecule has 1 heterocycles. The molecule has 0 saturated carbocycles. The van der Waals surface area contributed by atoms with E-state index in [-0.39, 0.29) is 5.75 Å². The second-order valence-corrected chi connectivity index (χ2v) is 6.08. The molecule has 0 aliphatic heterocycles. The highest BCUT2D eigenvalue weighted by molar-refractivity contribution is 9.10. The fourth-order valence-electron chi connectivity index (χ4n) is 1.85. The van der Waals surface area contributed by atoms with Gasteiger partial charge in [0.05, 0.1) is 0 Å². The number of aryl methyl sites for hydroxylation is 1. The number of aromatic nitrogens is 1. The minimum Gasteiger partial charge on any atom is -0.436 e. The van der Waals surface area contributed by atoms with Gasteiger partial charge in [-0.2, -0.15) is 0 Å². The highest BCUT2D eigenvalue weighted by Crippen LogP contribution is 2.26. The van der Waals surface area contributed by atoms with Crippen molar-refractivity contribution in [1.29, 1.82) is 0 Å². The average Bonchev–Trinajstić information content (AvgIpc) is 2.39. The molecule has 3 nitrogen and oxygen atoms in total. The van der Waals surface area contributed by atoms with Crippen LogP contribution in [0, 0.1) is 12.7 Å². The van der Waals surface area contributed by atoms with Gasteiger partial charge in [0.1, 0.15) is 0 Å². The molecular weight excluding hydrogens is 335 g/mol. The predicted molar refractivity (Wildman–Crippen MR) is 85.1 cm³/mol. The topological polar surface area (TPSA) is 34.1 Å². The summed E-state index contributed by atoms with van der Waals surface area (Å²) in [6.45, 7) is 6.79. The minimum absolute atomic E-state index is 0.166. The molecular formula is C16H18BrFN2O. The van der Waals surface area contributed by atoms with Crippen molar-refractivity contribution >= 4 is 15.9 Å². The first-order valence-electron chi connectivity index (χ1n) is 6.78. The van der Waals surface area contributed by atoms with Crippen LogP contribution in [-0.2, 0) is 6.54 Å². The summed E-state index contributed by atoms with van der Waals surface area (Å²) in [7, 11) is 0. The van der Waals surface area contributed by atoms with Gasteiger partial charge in [-0.15, -0.1) is 0 Å². The molecule has 1 N–H and O–H groups in total. The van der Waals surface area contributed by atoms with Crippen molar-refractivity contribution in [3.05, 3.63) is 51.9 Å². The molecule has 0 atom stereocenters. The normalized spacial score (nSPS) is 11.0. The van der Waals surface area contributed by atoms with Gasteiger partial charge < -0.3 is 10.1 Å². The Morgan fingerprint density at radius 2 is 2.05 bits per heavy atom. The summed E-state index contributed by atoms with van der Waals surface area (Å²) >= 11 is 3.22. The summed E-state index contributed by atoms with van der Waals surface area (Å²) in [4.78, 5) is 4.29. The van der Waals surface area contributed by atoms with E-state index in [0.717, 1.165) is 17.8 Å². The number of rotatable bonds is 5. The van der Waals surface area contributed by atoms with Crippen molar-refractivity contribution in [1.82, 2.24) is 10.3 Å². The third-order valence-corrected chi connectivity index (χ3v) is 3.31. The molecule has 0 aliphatic rings. The lowest BCUT2D eigenvalue weighted by atomic mass is 10.2. The lowest BCUT2D eigenvalue weighted by molar-refractivity contribution is 0.425. The minimum atomic E-state index is -0.422. The van der Waals surface area contributed by atoms with E-state index in [9.17, 15) is 4.39 Å². The van der Waals surface area contributed by atoms with Crippen molar-refractivity contribution in [3.63, 3.8) is 0 Å². The molecule has 2 rings (SSSR count). The Morgan fingerprint density at radius 1 is 1.29 bits per heavy atom. The van der Waals surface area contributed by atoms with Crippen LogP contribution in [0.1, 0.15) is 25.1 Å². The zero-order valence-corrected chi connectivity index (χ0v) is 13.9. The van der Waals surface area contributed by atoms with Crippen molar-refractivity contribution < 1.29 is 9.13 Å². The average molecular weight is 353 g/mol. The molecule has 0 radical (unpaired) electrons. The van der Waals surface area contributed by atoms with Crippen LogP contribution in [0.3, 0.4) is 0 Å². The van der Waals surface area contributed by atoms with Crippen LogP contribution < -0.4 is 10.1 Å². The van der Waals surface area contributed by atoms with Crippen LogP contribution in [0.5, 0.6) is 11.6 Å². The lowest BCUT2D eigenvalue weighted by Crippen LogP contribution is -2.21. The molecule has 1 aromatic carbocycles. The molecule has 21 heavy (non-hydrogen) atoms. The molecule has 0 saturated heterocycles. The van der Waals surface area contributed by atoms with Gasteiger partial charge in [0, 0.05) is 28.8 Å². The number of halogens is 2. The van der Waals surface area contributed by atoms with Gasteiger partial charge in [-0.25, -0.2) is 9.37 Å². The van der Waals surface area contributed by atoms with Crippen molar-refractivity contribution in [2.24, 2.45) is 0 Å². The Hall–Kier alpha value is -1.46. The van der Waals surface area contributed by atoms with Crippen molar-refractivity contribution in [2.75, 3.05) is 0 Å². The summed E-state index contributed by atoms with van der Waals surface area (Å²) < 4.78 is 20.0.